The topological polar surface area (TPSA) is 66.9 Å². The predicted octanol–water partition coefficient (Wildman–Crippen LogP) is 3.18. The number of hydrogen-bond acceptors (Lipinski definition) is 4. The second kappa shape index (κ2) is 7.76. The quantitative estimate of drug-likeness (QED) is 0.652. The van der Waals surface area contributed by atoms with Crippen LogP contribution in [-0.4, -0.2) is 22.0 Å². The number of thiophene rings is 1. The lowest BCUT2D eigenvalue weighted by Gasteiger charge is -2.08. The Bertz CT molecular complexity index is 1000. The van der Waals surface area contributed by atoms with Crippen molar-refractivity contribution in [2.45, 2.75) is 26.3 Å². The van der Waals surface area contributed by atoms with Crippen molar-refractivity contribution < 1.29 is 4.79 Å². The van der Waals surface area contributed by atoms with Crippen molar-refractivity contribution in [2.24, 2.45) is 0 Å². The van der Waals surface area contributed by atoms with Crippen LogP contribution in [0.5, 0.6) is 0 Å². The minimum absolute atomic E-state index is 0.0836. The molecule has 0 saturated carbocycles. The number of carbonyl (C=O) groups is 1. The summed E-state index contributed by atoms with van der Waals surface area (Å²) in [4.78, 5) is 27.5. The smallest absolute Gasteiger partial charge is 0.272 e. The van der Waals surface area contributed by atoms with E-state index in [2.05, 4.69) is 34.6 Å². The highest BCUT2D eigenvalue weighted by Gasteiger charge is 2.08. The van der Waals surface area contributed by atoms with Gasteiger partial charge in [0, 0.05) is 19.5 Å². The molecule has 0 unspecified atom stereocenters. The molecule has 5 nitrogen and oxygen atoms in total. The third-order valence-corrected chi connectivity index (χ3v) is 5.24. The Labute approximate surface area is 154 Å². The molecule has 7 heteroatoms. The maximum absolute atomic E-state index is 12.4. The summed E-state index contributed by atoms with van der Waals surface area (Å²) in [6.07, 6.45) is 1.01. The third kappa shape index (κ3) is 4.24. The number of hydrogen-bond donors (Lipinski definition) is 2. The van der Waals surface area contributed by atoms with Gasteiger partial charge in [-0.15, -0.1) is 11.3 Å². The van der Waals surface area contributed by atoms with E-state index in [1.807, 2.05) is 18.4 Å². The zero-order valence-corrected chi connectivity index (χ0v) is 15.5. The molecule has 0 fully saturated rings. The van der Waals surface area contributed by atoms with E-state index in [0.29, 0.717) is 16.0 Å². The van der Waals surface area contributed by atoms with Gasteiger partial charge in [-0.1, -0.05) is 29.8 Å². The summed E-state index contributed by atoms with van der Waals surface area (Å²) in [6.45, 7) is 2.90. The van der Waals surface area contributed by atoms with Gasteiger partial charge < -0.3 is 10.3 Å². The SMILES string of the molecule is Cc1ccc(CCNC(=O)CCn2c(=S)[nH]c3ccsc3c2=O)cc1. The van der Waals surface area contributed by atoms with Crippen molar-refractivity contribution in [2.75, 3.05) is 6.54 Å². The number of rotatable bonds is 6. The number of aromatic nitrogens is 2. The zero-order chi connectivity index (χ0) is 17.8. The van der Waals surface area contributed by atoms with E-state index in [4.69, 9.17) is 12.2 Å². The Morgan fingerprint density at radius 1 is 1.28 bits per heavy atom. The zero-order valence-electron chi connectivity index (χ0n) is 13.9. The molecule has 2 aromatic heterocycles. The van der Waals surface area contributed by atoms with E-state index < -0.39 is 0 Å². The molecule has 0 aliphatic rings. The van der Waals surface area contributed by atoms with E-state index in [1.165, 1.54) is 27.0 Å². The lowest BCUT2D eigenvalue weighted by Crippen LogP contribution is -2.29. The highest BCUT2D eigenvalue weighted by molar-refractivity contribution is 7.71. The Kier molecular flexibility index (Phi) is 5.45. The van der Waals surface area contributed by atoms with Crippen molar-refractivity contribution in [3.8, 4) is 0 Å². The Hall–Kier alpha value is -2.25. The molecule has 0 spiro atoms. The average molecular weight is 374 g/mol. The molecular weight excluding hydrogens is 354 g/mol. The molecule has 1 amide bonds. The fourth-order valence-corrected chi connectivity index (χ4v) is 3.66. The Morgan fingerprint density at radius 3 is 2.80 bits per heavy atom. The van der Waals surface area contributed by atoms with E-state index in [-0.39, 0.29) is 24.4 Å². The van der Waals surface area contributed by atoms with Crippen molar-refractivity contribution in [1.82, 2.24) is 14.9 Å². The van der Waals surface area contributed by atoms with Crippen LogP contribution < -0.4 is 10.9 Å². The van der Waals surface area contributed by atoms with Crippen LogP contribution in [0.15, 0.2) is 40.5 Å². The molecule has 1 aromatic carbocycles. The number of benzene rings is 1. The van der Waals surface area contributed by atoms with Crippen LogP contribution in [0.25, 0.3) is 10.2 Å². The molecular formula is C18H19N3O2S2. The largest absolute Gasteiger partial charge is 0.356 e. The van der Waals surface area contributed by atoms with Gasteiger partial charge in [-0.25, -0.2) is 0 Å². The first-order valence-electron chi connectivity index (χ1n) is 8.07. The Balaban J connectivity index is 1.55. The number of H-pyrrole nitrogens is 1. The molecule has 2 heterocycles. The normalized spacial score (nSPS) is 10.9. The molecule has 3 aromatic rings. The van der Waals surface area contributed by atoms with Gasteiger partial charge in [-0.05, 0) is 42.6 Å². The summed E-state index contributed by atoms with van der Waals surface area (Å²) >= 11 is 6.60. The molecule has 3 rings (SSSR count). The second-order valence-electron chi connectivity index (χ2n) is 5.89. The number of nitrogens with one attached hydrogen (secondary N) is 2. The van der Waals surface area contributed by atoms with Crippen LogP contribution in [-0.2, 0) is 17.8 Å². The predicted molar refractivity (Wildman–Crippen MR) is 104 cm³/mol. The minimum Gasteiger partial charge on any atom is -0.356 e. The van der Waals surface area contributed by atoms with E-state index in [9.17, 15) is 9.59 Å². The maximum Gasteiger partial charge on any atom is 0.272 e. The fourth-order valence-electron chi connectivity index (χ4n) is 2.58. The van der Waals surface area contributed by atoms with Crippen LogP contribution in [0.3, 0.4) is 0 Å². The lowest BCUT2D eigenvalue weighted by molar-refractivity contribution is -0.121. The van der Waals surface area contributed by atoms with Crippen molar-refractivity contribution in [1.29, 1.82) is 0 Å². The van der Waals surface area contributed by atoms with Crippen LogP contribution >= 0.6 is 23.6 Å². The number of carbonyl (C=O) groups excluding carboxylic acids is 1. The van der Waals surface area contributed by atoms with Gasteiger partial charge in [-0.3, -0.25) is 14.2 Å². The first kappa shape index (κ1) is 17.6. The number of aryl methyl sites for hydroxylation is 1. The van der Waals surface area contributed by atoms with E-state index in [0.717, 1.165) is 11.9 Å². The highest BCUT2D eigenvalue weighted by atomic mass is 32.1. The molecule has 2 N–H and O–H groups in total. The van der Waals surface area contributed by atoms with Gasteiger partial charge >= 0.3 is 0 Å². The van der Waals surface area contributed by atoms with Crippen LogP contribution in [0.2, 0.25) is 0 Å². The van der Waals surface area contributed by atoms with Crippen LogP contribution in [0.4, 0.5) is 0 Å². The van der Waals surface area contributed by atoms with Crippen LogP contribution in [0.1, 0.15) is 17.5 Å². The number of aromatic amines is 1. The summed E-state index contributed by atoms with van der Waals surface area (Å²) in [6, 6.07) is 10.1. The average Bonchev–Trinajstić information content (AvgIpc) is 3.05. The first-order valence-corrected chi connectivity index (χ1v) is 9.36. The monoisotopic (exact) mass is 373 g/mol. The Morgan fingerprint density at radius 2 is 2.04 bits per heavy atom. The second-order valence-corrected chi connectivity index (χ2v) is 7.19. The van der Waals surface area contributed by atoms with Crippen molar-refractivity contribution >= 4 is 39.7 Å². The summed E-state index contributed by atoms with van der Waals surface area (Å²) in [5.74, 6) is -0.0836. The molecule has 25 heavy (non-hydrogen) atoms. The van der Waals surface area contributed by atoms with Gasteiger partial charge in [-0.2, -0.15) is 0 Å². The van der Waals surface area contributed by atoms with Crippen LogP contribution in [0, 0.1) is 11.7 Å². The molecule has 0 aliphatic heterocycles. The van der Waals surface area contributed by atoms with E-state index in [1.54, 1.807) is 0 Å². The molecule has 0 atom stereocenters. The summed E-state index contributed by atoms with van der Waals surface area (Å²) in [5, 5.41) is 4.74. The van der Waals surface area contributed by atoms with Gasteiger partial charge in [0.05, 0.1) is 5.52 Å². The number of fused-ring (bicyclic) bond motifs is 1. The number of nitrogens with zero attached hydrogens (tertiary/aromatic N) is 1. The highest BCUT2D eigenvalue weighted by Crippen LogP contribution is 2.13. The lowest BCUT2D eigenvalue weighted by atomic mass is 10.1. The molecule has 0 saturated heterocycles. The standard InChI is InChI=1S/C18H19N3O2S2/c1-12-2-4-13(5-3-12)6-9-19-15(22)7-10-21-17(23)16-14(8-11-25-16)20-18(21)24/h2-5,8,11H,6-7,9-10H2,1H3,(H,19,22)(H,20,24). The summed E-state index contributed by atoms with van der Waals surface area (Å²) < 4.78 is 2.44. The molecule has 0 bridgehead atoms. The van der Waals surface area contributed by atoms with Crippen molar-refractivity contribution in [3.05, 3.63) is 62.0 Å². The van der Waals surface area contributed by atoms with Gasteiger partial charge in [0.1, 0.15) is 4.70 Å². The third-order valence-electron chi connectivity index (χ3n) is 4.01. The first-order chi connectivity index (χ1) is 12.0. The van der Waals surface area contributed by atoms with E-state index >= 15 is 0 Å². The summed E-state index contributed by atoms with van der Waals surface area (Å²) in [7, 11) is 0. The molecule has 0 aliphatic carbocycles. The van der Waals surface area contributed by atoms with Gasteiger partial charge in [0.25, 0.3) is 5.56 Å². The van der Waals surface area contributed by atoms with Crippen molar-refractivity contribution in [3.63, 3.8) is 0 Å². The summed E-state index contributed by atoms with van der Waals surface area (Å²) in [5.41, 5.74) is 3.02. The minimum atomic E-state index is -0.138. The van der Waals surface area contributed by atoms with Gasteiger partial charge in [0.2, 0.25) is 5.91 Å². The molecule has 0 radical (unpaired) electrons. The maximum atomic E-state index is 12.4. The molecule has 130 valence electrons. The fraction of sp³-hybridized carbons (Fsp3) is 0.278. The number of amides is 1. The van der Waals surface area contributed by atoms with Gasteiger partial charge in [0.15, 0.2) is 4.77 Å².